The van der Waals surface area contributed by atoms with E-state index in [0.29, 0.717) is 19.0 Å². The minimum atomic E-state index is -0.298. The smallest absolute Gasteiger partial charge is 0.262 e. The van der Waals surface area contributed by atoms with Gasteiger partial charge in [0.2, 0.25) is 0 Å². The summed E-state index contributed by atoms with van der Waals surface area (Å²) in [6.45, 7) is 2.91. The van der Waals surface area contributed by atoms with Crippen molar-refractivity contribution >= 4 is 12.0 Å². The van der Waals surface area contributed by atoms with Crippen molar-refractivity contribution in [3.63, 3.8) is 0 Å². The first kappa shape index (κ1) is 20.5. The second-order valence-corrected chi connectivity index (χ2v) is 7.20. The van der Waals surface area contributed by atoms with Crippen molar-refractivity contribution in [2.75, 3.05) is 13.2 Å². The summed E-state index contributed by atoms with van der Waals surface area (Å²) in [6, 6.07) is 17.4. The van der Waals surface area contributed by atoms with Crippen LogP contribution in [0.5, 0.6) is 11.5 Å². The third kappa shape index (κ3) is 6.39. The van der Waals surface area contributed by atoms with Crippen LogP contribution in [-0.2, 0) is 4.79 Å². The number of nitrogens with one attached hydrogen (secondary N) is 1. The van der Waals surface area contributed by atoms with Crippen LogP contribution in [0.4, 0.5) is 0 Å². The van der Waals surface area contributed by atoms with Gasteiger partial charge in [-0.25, -0.2) is 0 Å². The highest BCUT2D eigenvalue weighted by atomic mass is 16.5. The van der Waals surface area contributed by atoms with Gasteiger partial charge in [-0.15, -0.1) is 0 Å². The molecule has 0 heterocycles. The third-order valence-corrected chi connectivity index (χ3v) is 4.89. The minimum Gasteiger partial charge on any atom is -0.490 e. The van der Waals surface area contributed by atoms with Crippen LogP contribution in [0.25, 0.3) is 6.08 Å². The van der Waals surface area contributed by atoms with Crippen LogP contribution in [-0.4, -0.2) is 25.2 Å². The molecule has 1 aliphatic carbocycles. The number of rotatable bonds is 8. The van der Waals surface area contributed by atoms with Crippen LogP contribution in [0.2, 0.25) is 0 Å². The Labute approximate surface area is 172 Å². The van der Waals surface area contributed by atoms with Gasteiger partial charge in [0.05, 0.1) is 0 Å². The quantitative estimate of drug-likeness (QED) is 0.411. The molecule has 5 heteroatoms. The Kier molecular flexibility index (Phi) is 7.29. The van der Waals surface area contributed by atoms with Crippen LogP contribution in [0, 0.1) is 18.3 Å². The molecule has 0 saturated heterocycles. The van der Waals surface area contributed by atoms with Crippen LogP contribution in [0.15, 0.2) is 54.1 Å². The molecular weight excluding hydrogens is 364 g/mol. The van der Waals surface area contributed by atoms with E-state index in [1.807, 2.05) is 61.5 Å². The van der Waals surface area contributed by atoms with Gasteiger partial charge in [-0.3, -0.25) is 4.79 Å². The molecule has 2 aromatic rings. The highest BCUT2D eigenvalue weighted by Crippen LogP contribution is 2.19. The molecular formula is C24H26N2O3. The number of hydrogen-bond donors (Lipinski definition) is 1. The molecule has 0 bridgehead atoms. The average molecular weight is 390 g/mol. The van der Waals surface area contributed by atoms with Gasteiger partial charge in [-0.1, -0.05) is 42.7 Å². The molecule has 0 radical (unpaired) electrons. The molecule has 29 heavy (non-hydrogen) atoms. The molecule has 3 rings (SSSR count). The first-order valence-corrected chi connectivity index (χ1v) is 9.99. The summed E-state index contributed by atoms with van der Waals surface area (Å²) in [6.07, 6.45) is 5.85. The SMILES string of the molecule is Cc1ccc(OCCOc2ccc(/C=C(\C#N)C(=O)NC3CCCC3)cc2)cc1. The maximum atomic E-state index is 12.3. The Morgan fingerprint density at radius 2 is 1.59 bits per heavy atom. The highest BCUT2D eigenvalue weighted by molar-refractivity contribution is 6.01. The molecule has 1 amide bonds. The topological polar surface area (TPSA) is 71.3 Å². The number of nitriles is 1. The number of carbonyl (C=O) groups excluding carboxylic acids is 1. The summed E-state index contributed by atoms with van der Waals surface area (Å²) < 4.78 is 11.3. The van der Waals surface area contributed by atoms with Crippen LogP contribution < -0.4 is 14.8 Å². The zero-order chi connectivity index (χ0) is 20.5. The molecule has 0 unspecified atom stereocenters. The van der Waals surface area contributed by atoms with E-state index in [1.54, 1.807) is 6.08 Å². The Morgan fingerprint density at radius 1 is 1.03 bits per heavy atom. The molecule has 1 aliphatic rings. The molecule has 1 fully saturated rings. The predicted molar refractivity (Wildman–Crippen MR) is 113 cm³/mol. The Morgan fingerprint density at radius 3 is 2.14 bits per heavy atom. The zero-order valence-electron chi connectivity index (χ0n) is 16.7. The first-order chi connectivity index (χ1) is 14.1. The van der Waals surface area contributed by atoms with Gasteiger partial charge >= 0.3 is 0 Å². The van der Waals surface area contributed by atoms with Crippen molar-refractivity contribution in [3.8, 4) is 17.6 Å². The molecule has 5 nitrogen and oxygen atoms in total. The first-order valence-electron chi connectivity index (χ1n) is 9.99. The second kappa shape index (κ2) is 10.3. The standard InChI is InChI=1S/C24H26N2O3/c1-18-6-10-22(11-7-18)28-14-15-29-23-12-8-19(9-13-23)16-20(17-25)24(27)26-21-4-2-3-5-21/h6-13,16,21H,2-5,14-15H2,1H3,(H,26,27)/b20-16+. The number of amides is 1. The summed E-state index contributed by atoms with van der Waals surface area (Å²) in [5, 5.41) is 12.3. The molecule has 1 saturated carbocycles. The summed E-state index contributed by atoms with van der Waals surface area (Å²) in [7, 11) is 0. The van der Waals surface area contributed by atoms with E-state index >= 15 is 0 Å². The normalized spacial score (nSPS) is 14.3. The van der Waals surface area contributed by atoms with E-state index in [9.17, 15) is 10.1 Å². The van der Waals surface area contributed by atoms with Crippen LogP contribution in [0.1, 0.15) is 36.8 Å². The minimum absolute atomic E-state index is 0.122. The van der Waals surface area contributed by atoms with Crippen molar-refractivity contribution in [2.24, 2.45) is 0 Å². The van der Waals surface area contributed by atoms with E-state index in [2.05, 4.69) is 5.32 Å². The Hall–Kier alpha value is -3.26. The lowest BCUT2D eigenvalue weighted by Gasteiger charge is -2.11. The number of carbonyl (C=O) groups is 1. The van der Waals surface area contributed by atoms with Gasteiger partial charge in [0, 0.05) is 6.04 Å². The molecule has 0 aromatic heterocycles. The Bertz CT molecular complexity index is 874. The summed E-state index contributed by atoms with van der Waals surface area (Å²) >= 11 is 0. The van der Waals surface area contributed by atoms with Crippen LogP contribution >= 0.6 is 0 Å². The number of hydrogen-bond acceptors (Lipinski definition) is 4. The average Bonchev–Trinajstić information content (AvgIpc) is 3.24. The van der Waals surface area contributed by atoms with Gasteiger partial charge in [0.15, 0.2) is 0 Å². The molecule has 0 spiro atoms. The fourth-order valence-corrected chi connectivity index (χ4v) is 3.26. The molecule has 150 valence electrons. The van der Waals surface area contributed by atoms with E-state index < -0.39 is 0 Å². The maximum absolute atomic E-state index is 12.3. The fraction of sp³-hybridized carbons (Fsp3) is 0.333. The van der Waals surface area contributed by atoms with Crippen LogP contribution in [0.3, 0.4) is 0 Å². The Balaban J connectivity index is 1.48. The fourth-order valence-electron chi connectivity index (χ4n) is 3.26. The van der Waals surface area contributed by atoms with E-state index in [-0.39, 0.29) is 17.5 Å². The zero-order valence-corrected chi connectivity index (χ0v) is 16.7. The monoisotopic (exact) mass is 390 g/mol. The summed E-state index contributed by atoms with van der Waals surface area (Å²) in [5.41, 5.74) is 2.10. The molecule has 2 aromatic carbocycles. The second-order valence-electron chi connectivity index (χ2n) is 7.20. The van der Waals surface area contributed by atoms with Crippen molar-refractivity contribution in [3.05, 3.63) is 65.2 Å². The van der Waals surface area contributed by atoms with Gasteiger partial charge in [-0.05, 0) is 55.7 Å². The van der Waals surface area contributed by atoms with E-state index in [0.717, 1.165) is 37.0 Å². The maximum Gasteiger partial charge on any atom is 0.262 e. The van der Waals surface area contributed by atoms with Crippen molar-refractivity contribution < 1.29 is 14.3 Å². The summed E-state index contributed by atoms with van der Waals surface area (Å²) in [4.78, 5) is 12.3. The predicted octanol–water partition coefficient (Wildman–Crippen LogP) is 4.42. The highest BCUT2D eigenvalue weighted by Gasteiger charge is 2.19. The largest absolute Gasteiger partial charge is 0.490 e. The molecule has 1 N–H and O–H groups in total. The van der Waals surface area contributed by atoms with Crippen molar-refractivity contribution in [2.45, 2.75) is 38.6 Å². The lowest BCUT2D eigenvalue weighted by molar-refractivity contribution is -0.117. The lowest BCUT2D eigenvalue weighted by Crippen LogP contribution is -2.33. The van der Waals surface area contributed by atoms with E-state index in [1.165, 1.54) is 5.56 Å². The number of nitrogens with zero attached hydrogens (tertiary/aromatic N) is 1. The molecule has 0 aliphatic heterocycles. The van der Waals surface area contributed by atoms with Gasteiger partial charge in [-0.2, -0.15) is 5.26 Å². The van der Waals surface area contributed by atoms with Gasteiger partial charge in [0.25, 0.3) is 5.91 Å². The number of aryl methyl sites for hydroxylation is 1. The van der Waals surface area contributed by atoms with Gasteiger partial charge in [0.1, 0.15) is 36.4 Å². The number of benzene rings is 2. The van der Waals surface area contributed by atoms with E-state index in [4.69, 9.17) is 9.47 Å². The van der Waals surface area contributed by atoms with Crippen molar-refractivity contribution in [1.82, 2.24) is 5.32 Å². The lowest BCUT2D eigenvalue weighted by atomic mass is 10.1. The third-order valence-electron chi connectivity index (χ3n) is 4.89. The number of ether oxygens (including phenoxy) is 2. The van der Waals surface area contributed by atoms with Gasteiger partial charge < -0.3 is 14.8 Å². The summed E-state index contributed by atoms with van der Waals surface area (Å²) in [5.74, 6) is 1.23. The molecule has 0 atom stereocenters. The van der Waals surface area contributed by atoms with Crippen molar-refractivity contribution in [1.29, 1.82) is 5.26 Å².